The van der Waals surface area contributed by atoms with Crippen LogP contribution in [0.2, 0.25) is 0 Å². The van der Waals surface area contributed by atoms with Gasteiger partial charge in [-0.1, -0.05) is 20.3 Å². The van der Waals surface area contributed by atoms with E-state index in [1.54, 1.807) is 0 Å². The number of nitrogens with one attached hydrogen (secondary N) is 1. The average molecular weight is 330 g/mol. The van der Waals surface area contributed by atoms with Gasteiger partial charge in [-0.05, 0) is 43.9 Å². The molecule has 132 valence electrons. The van der Waals surface area contributed by atoms with Crippen molar-refractivity contribution in [1.29, 1.82) is 0 Å². The molecule has 2 aliphatic heterocycles. The lowest BCUT2D eigenvalue weighted by Crippen LogP contribution is -2.48. The van der Waals surface area contributed by atoms with Crippen LogP contribution in [-0.2, 0) is 6.42 Å². The fourth-order valence-corrected chi connectivity index (χ4v) is 3.63. The van der Waals surface area contributed by atoms with Crippen LogP contribution in [0.25, 0.3) is 0 Å². The van der Waals surface area contributed by atoms with Gasteiger partial charge in [0.25, 0.3) is 0 Å². The van der Waals surface area contributed by atoms with Gasteiger partial charge in [0.15, 0.2) is 0 Å². The highest BCUT2D eigenvalue weighted by Gasteiger charge is 2.30. The molecule has 0 radical (unpaired) electrons. The number of hydrogen-bond acceptors (Lipinski definition) is 3. The molecule has 24 heavy (non-hydrogen) atoms. The Morgan fingerprint density at radius 3 is 3.08 bits per heavy atom. The quantitative estimate of drug-likeness (QED) is 0.923. The highest BCUT2D eigenvalue weighted by molar-refractivity contribution is 5.93. The molecule has 1 saturated heterocycles. The molecule has 0 unspecified atom stereocenters. The summed E-state index contributed by atoms with van der Waals surface area (Å²) < 4.78 is 0. The van der Waals surface area contributed by atoms with E-state index in [0.717, 1.165) is 56.3 Å². The topological polar surface area (TPSA) is 48.5 Å². The summed E-state index contributed by atoms with van der Waals surface area (Å²) in [5, 5.41) is 3.66. The highest BCUT2D eigenvalue weighted by atomic mass is 16.2. The zero-order chi connectivity index (χ0) is 16.9. The van der Waals surface area contributed by atoms with Gasteiger partial charge in [-0.25, -0.2) is 4.79 Å². The molecule has 1 fully saturated rings. The van der Waals surface area contributed by atoms with Crippen molar-refractivity contribution in [2.75, 3.05) is 31.1 Å². The first-order chi connectivity index (χ1) is 11.6. The molecule has 3 rings (SSSR count). The van der Waals surface area contributed by atoms with Crippen LogP contribution in [0, 0.1) is 5.92 Å². The Bertz CT molecular complexity index is 560. The Morgan fingerprint density at radius 1 is 1.38 bits per heavy atom. The minimum atomic E-state index is 0.152. The summed E-state index contributed by atoms with van der Waals surface area (Å²) in [7, 11) is 0. The van der Waals surface area contributed by atoms with Crippen molar-refractivity contribution >= 4 is 11.7 Å². The summed E-state index contributed by atoms with van der Waals surface area (Å²) in [6.45, 7) is 8.00. The smallest absolute Gasteiger partial charge is 0.323 e. The Hall–Kier alpha value is -1.62. The molecule has 0 aliphatic carbocycles. The monoisotopic (exact) mass is 330 g/mol. The standard InChI is InChI=1S/C19H30N4O/c1-15(2)8-11-20-16-6-3-4-12-22(14-16)19(24)23-13-9-17-18(23)7-5-10-21-17/h5,7,10,15-16,20H,3-4,6,8-9,11-14H2,1-2H3/t16-/m0/s1. The molecule has 5 nitrogen and oxygen atoms in total. The highest BCUT2D eigenvalue weighted by Crippen LogP contribution is 2.27. The third-order valence-electron chi connectivity index (χ3n) is 5.06. The minimum Gasteiger partial charge on any atom is -0.323 e. The van der Waals surface area contributed by atoms with E-state index < -0.39 is 0 Å². The lowest BCUT2D eigenvalue weighted by molar-refractivity contribution is 0.202. The number of pyridine rings is 1. The van der Waals surface area contributed by atoms with Crippen LogP contribution in [0.4, 0.5) is 10.5 Å². The van der Waals surface area contributed by atoms with E-state index in [-0.39, 0.29) is 6.03 Å². The third kappa shape index (κ3) is 4.07. The number of aromatic nitrogens is 1. The summed E-state index contributed by atoms with van der Waals surface area (Å²) in [6, 6.07) is 4.51. The fraction of sp³-hybridized carbons (Fsp3) is 0.684. The van der Waals surface area contributed by atoms with Gasteiger partial charge in [0.1, 0.15) is 0 Å². The van der Waals surface area contributed by atoms with Crippen LogP contribution >= 0.6 is 0 Å². The second kappa shape index (κ2) is 7.97. The van der Waals surface area contributed by atoms with E-state index >= 15 is 0 Å². The van der Waals surface area contributed by atoms with Crippen LogP contribution in [0.15, 0.2) is 18.3 Å². The van der Waals surface area contributed by atoms with E-state index in [1.807, 2.05) is 28.1 Å². The molecule has 2 aliphatic rings. The number of carbonyl (C=O) groups is 1. The maximum Gasteiger partial charge on any atom is 0.324 e. The summed E-state index contributed by atoms with van der Waals surface area (Å²) in [5.41, 5.74) is 2.04. The van der Waals surface area contributed by atoms with E-state index in [1.165, 1.54) is 19.3 Å². The number of anilines is 1. The number of rotatable bonds is 4. The number of fused-ring (bicyclic) bond motifs is 1. The molecule has 1 atom stereocenters. The molecule has 1 N–H and O–H groups in total. The second-order valence-electron chi connectivity index (χ2n) is 7.43. The molecule has 3 heterocycles. The van der Waals surface area contributed by atoms with Gasteiger partial charge in [-0.3, -0.25) is 9.88 Å². The lowest BCUT2D eigenvalue weighted by atomic mass is 10.1. The zero-order valence-corrected chi connectivity index (χ0v) is 15.0. The lowest BCUT2D eigenvalue weighted by Gasteiger charge is -2.30. The maximum absolute atomic E-state index is 13.0. The average Bonchev–Trinajstić information content (AvgIpc) is 2.86. The molecular weight excluding hydrogens is 300 g/mol. The number of amides is 2. The number of carbonyl (C=O) groups excluding carboxylic acids is 1. The Morgan fingerprint density at radius 2 is 2.25 bits per heavy atom. The van der Waals surface area contributed by atoms with Gasteiger partial charge >= 0.3 is 6.03 Å². The van der Waals surface area contributed by atoms with Gasteiger partial charge in [0.05, 0.1) is 11.4 Å². The van der Waals surface area contributed by atoms with E-state index in [9.17, 15) is 4.79 Å². The number of nitrogens with zero attached hydrogens (tertiary/aromatic N) is 3. The molecule has 2 amide bonds. The maximum atomic E-state index is 13.0. The zero-order valence-electron chi connectivity index (χ0n) is 15.0. The SMILES string of the molecule is CC(C)CCN[C@H]1CCCCN(C(=O)N2CCc3ncccc32)C1. The van der Waals surface area contributed by atoms with Gasteiger partial charge in [0, 0.05) is 38.3 Å². The van der Waals surface area contributed by atoms with Gasteiger partial charge in [-0.2, -0.15) is 0 Å². The molecule has 0 aromatic carbocycles. The summed E-state index contributed by atoms with van der Waals surface area (Å²) in [4.78, 5) is 21.4. The Balaban J connectivity index is 1.61. The fourth-order valence-electron chi connectivity index (χ4n) is 3.63. The first kappa shape index (κ1) is 17.2. The number of urea groups is 1. The predicted octanol–water partition coefficient (Wildman–Crippen LogP) is 3.05. The first-order valence-electron chi connectivity index (χ1n) is 9.39. The summed E-state index contributed by atoms with van der Waals surface area (Å²) in [5.74, 6) is 0.717. The van der Waals surface area contributed by atoms with Crippen molar-refractivity contribution in [1.82, 2.24) is 15.2 Å². The Kier molecular flexibility index (Phi) is 5.72. The van der Waals surface area contributed by atoms with Crippen LogP contribution in [0.5, 0.6) is 0 Å². The van der Waals surface area contributed by atoms with E-state index in [2.05, 4.69) is 24.1 Å². The van der Waals surface area contributed by atoms with Crippen LogP contribution < -0.4 is 10.2 Å². The van der Waals surface area contributed by atoms with Crippen LogP contribution in [0.1, 0.15) is 45.2 Å². The number of hydrogen-bond donors (Lipinski definition) is 1. The van der Waals surface area contributed by atoms with Crippen molar-refractivity contribution < 1.29 is 4.79 Å². The molecular formula is C19H30N4O. The first-order valence-corrected chi connectivity index (χ1v) is 9.39. The molecule has 1 aromatic rings. The molecule has 5 heteroatoms. The second-order valence-corrected chi connectivity index (χ2v) is 7.43. The van der Waals surface area contributed by atoms with Gasteiger partial charge in [-0.15, -0.1) is 0 Å². The molecule has 1 aromatic heterocycles. The van der Waals surface area contributed by atoms with Crippen LogP contribution in [-0.4, -0.2) is 48.1 Å². The Labute approximate surface area is 145 Å². The predicted molar refractivity (Wildman–Crippen MR) is 97.4 cm³/mol. The normalized spacial score (nSPS) is 21.0. The molecule has 0 spiro atoms. The minimum absolute atomic E-state index is 0.152. The van der Waals surface area contributed by atoms with Crippen molar-refractivity contribution in [3.8, 4) is 0 Å². The summed E-state index contributed by atoms with van der Waals surface area (Å²) >= 11 is 0. The van der Waals surface area contributed by atoms with E-state index in [4.69, 9.17) is 0 Å². The molecule has 0 saturated carbocycles. The number of likely N-dealkylation sites (tertiary alicyclic amines) is 1. The summed E-state index contributed by atoms with van der Waals surface area (Å²) in [6.07, 6.45) is 7.33. The van der Waals surface area contributed by atoms with Crippen LogP contribution in [0.3, 0.4) is 0 Å². The van der Waals surface area contributed by atoms with E-state index in [0.29, 0.717) is 6.04 Å². The largest absolute Gasteiger partial charge is 0.324 e. The third-order valence-corrected chi connectivity index (χ3v) is 5.06. The van der Waals surface area contributed by atoms with Crippen molar-refractivity contribution in [2.45, 2.75) is 52.0 Å². The van der Waals surface area contributed by atoms with Crippen molar-refractivity contribution in [2.24, 2.45) is 5.92 Å². The van der Waals surface area contributed by atoms with Gasteiger partial charge in [0.2, 0.25) is 0 Å². The van der Waals surface area contributed by atoms with Gasteiger partial charge < -0.3 is 10.2 Å². The van der Waals surface area contributed by atoms with Crippen molar-refractivity contribution in [3.63, 3.8) is 0 Å². The van der Waals surface area contributed by atoms with Crippen molar-refractivity contribution in [3.05, 3.63) is 24.0 Å². The molecule has 0 bridgehead atoms.